The third kappa shape index (κ3) is 5.09. The Morgan fingerprint density at radius 2 is 2.12 bits per heavy atom. The number of methoxy groups -OCH3 is 1. The lowest BCUT2D eigenvalue weighted by molar-refractivity contribution is 0.0189. The normalized spacial score (nSPS) is 28.1. The van der Waals surface area contributed by atoms with E-state index in [0.717, 1.165) is 37.2 Å². The van der Waals surface area contributed by atoms with Gasteiger partial charge in [0.25, 0.3) is 0 Å². The van der Waals surface area contributed by atoms with Gasteiger partial charge in [-0.15, -0.1) is 0 Å². The van der Waals surface area contributed by atoms with Gasteiger partial charge in [0.05, 0.1) is 13.2 Å². The predicted octanol–water partition coefficient (Wildman–Crippen LogP) is 0.665. The molecule has 2 saturated heterocycles. The topological polar surface area (TPSA) is 91.8 Å². The van der Waals surface area contributed by atoms with Crippen LogP contribution in [0.5, 0.6) is 5.75 Å². The van der Waals surface area contributed by atoms with E-state index in [0.29, 0.717) is 25.4 Å². The number of hydrogen-bond acceptors (Lipinski definition) is 6. The number of carbonyl (C=O) groups is 1. The number of carbonyl (C=O) groups excluding carboxylic acids is 1. The number of amides is 1. The van der Waals surface area contributed by atoms with Crippen LogP contribution in [0.4, 0.5) is 4.79 Å². The van der Waals surface area contributed by atoms with Crippen molar-refractivity contribution in [2.45, 2.75) is 37.5 Å². The summed E-state index contributed by atoms with van der Waals surface area (Å²) in [5.74, 6) is 1.43. The van der Waals surface area contributed by atoms with E-state index in [4.69, 9.17) is 9.47 Å². The minimum atomic E-state index is -0.692. The van der Waals surface area contributed by atoms with E-state index >= 15 is 0 Å². The van der Waals surface area contributed by atoms with Crippen molar-refractivity contribution in [1.29, 1.82) is 0 Å². The molecule has 1 aromatic carbocycles. The number of aliphatic hydroxyl groups excluding tert-OH is 1. The number of alkyl carbamates (subject to hydrolysis) is 1. The zero-order chi connectivity index (χ0) is 18.4. The first-order valence-electron chi connectivity index (χ1n) is 9.35. The summed E-state index contributed by atoms with van der Waals surface area (Å²) >= 11 is 0. The molecule has 7 heteroatoms. The first-order valence-corrected chi connectivity index (χ1v) is 9.35. The first kappa shape index (κ1) is 18.9. The fraction of sp³-hybridized carbons (Fsp3) is 0.632. The SMILES string of the molecule is COc1ccc(C[C@H]2NC[C@H](O)[C@H]2OC(=O)NCC[C@H]2CCNC2)cc1. The van der Waals surface area contributed by atoms with Gasteiger partial charge in [-0.2, -0.15) is 0 Å². The summed E-state index contributed by atoms with van der Waals surface area (Å²) in [6, 6.07) is 7.67. The van der Waals surface area contributed by atoms with Crippen LogP contribution in [0.25, 0.3) is 0 Å². The van der Waals surface area contributed by atoms with E-state index in [-0.39, 0.29) is 6.04 Å². The fourth-order valence-electron chi connectivity index (χ4n) is 3.64. The van der Waals surface area contributed by atoms with Gasteiger partial charge in [-0.3, -0.25) is 0 Å². The van der Waals surface area contributed by atoms with Gasteiger partial charge < -0.3 is 30.5 Å². The molecule has 144 valence electrons. The number of aliphatic hydroxyl groups is 1. The highest BCUT2D eigenvalue weighted by molar-refractivity contribution is 5.67. The van der Waals surface area contributed by atoms with Crippen molar-refractivity contribution in [1.82, 2.24) is 16.0 Å². The number of nitrogens with one attached hydrogen (secondary N) is 3. The lowest BCUT2D eigenvalue weighted by Gasteiger charge is -2.22. The summed E-state index contributed by atoms with van der Waals surface area (Å²) in [6.07, 6.45) is 1.08. The van der Waals surface area contributed by atoms with Gasteiger partial charge in [0.1, 0.15) is 18.0 Å². The van der Waals surface area contributed by atoms with Crippen molar-refractivity contribution in [2.24, 2.45) is 5.92 Å². The Bertz CT molecular complexity index is 575. The summed E-state index contributed by atoms with van der Waals surface area (Å²) in [5.41, 5.74) is 1.10. The molecule has 0 bridgehead atoms. The van der Waals surface area contributed by atoms with Crippen LogP contribution in [0.2, 0.25) is 0 Å². The van der Waals surface area contributed by atoms with E-state index in [9.17, 15) is 9.90 Å². The third-order valence-electron chi connectivity index (χ3n) is 5.21. The van der Waals surface area contributed by atoms with Crippen LogP contribution < -0.4 is 20.7 Å². The number of benzene rings is 1. The van der Waals surface area contributed by atoms with Crippen molar-refractivity contribution >= 4 is 6.09 Å². The Hall–Kier alpha value is -1.83. The molecule has 2 fully saturated rings. The number of ether oxygens (including phenoxy) is 2. The minimum Gasteiger partial charge on any atom is -0.497 e. The lowest BCUT2D eigenvalue weighted by atomic mass is 10.0. The highest BCUT2D eigenvalue weighted by Crippen LogP contribution is 2.19. The zero-order valence-electron chi connectivity index (χ0n) is 15.2. The third-order valence-corrected chi connectivity index (χ3v) is 5.21. The standard InChI is InChI=1S/C19H29N3O4/c1-25-15-4-2-13(3-5-15)10-16-18(17(23)12-22-16)26-19(24)21-9-7-14-6-8-20-11-14/h2-5,14,16-18,20,22-23H,6-12H2,1H3,(H,21,24)/t14-,16-,17+,18+/m1/s1. The molecule has 0 radical (unpaired) electrons. The largest absolute Gasteiger partial charge is 0.497 e. The van der Waals surface area contributed by atoms with Gasteiger partial charge in [-0.1, -0.05) is 12.1 Å². The maximum Gasteiger partial charge on any atom is 0.407 e. The average Bonchev–Trinajstić information content (AvgIpc) is 3.28. The molecule has 2 heterocycles. The fourth-order valence-corrected chi connectivity index (χ4v) is 3.64. The second kappa shape index (κ2) is 9.21. The van der Waals surface area contributed by atoms with Gasteiger partial charge in [-0.25, -0.2) is 4.79 Å². The molecule has 7 nitrogen and oxygen atoms in total. The summed E-state index contributed by atoms with van der Waals surface area (Å²) in [6.45, 7) is 3.10. The van der Waals surface area contributed by atoms with Crippen LogP contribution in [0.15, 0.2) is 24.3 Å². The molecule has 0 aliphatic carbocycles. The van der Waals surface area contributed by atoms with Crippen LogP contribution in [0, 0.1) is 5.92 Å². The highest BCUT2D eigenvalue weighted by atomic mass is 16.6. The number of β-amino-alcohol motifs (C(OH)–C–C–N with tert-alkyl or cyclic N) is 1. The molecule has 1 amide bonds. The number of rotatable bonds is 7. The van der Waals surface area contributed by atoms with E-state index in [2.05, 4.69) is 16.0 Å². The first-order chi connectivity index (χ1) is 12.7. The summed E-state index contributed by atoms with van der Waals surface area (Å²) in [7, 11) is 1.63. The molecule has 4 N–H and O–H groups in total. The molecular formula is C19H29N3O4. The maximum absolute atomic E-state index is 12.1. The predicted molar refractivity (Wildman–Crippen MR) is 98.4 cm³/mol. The van der Waals surface area contributed by atoms with Crippen molar-refractivity contribution in [3.63, 3.8) is 0 Å². The van der Waals surface area contributed by atoms with Gasteiger partial charge >= 0.3 is 6.09 Å². The van der Waals surface area contributed by atoms with Crippen LogP contribution in [-0.4, -0.2) is 62.7 Å². The van der Waals surface area contributed by atoms with Crippen LogP contribution in [0.1, 0.15) is 18.4 Å². The molecule has 0 unspecified atom stereocenters. The second-order valence-corrected chi connectivity index (χ2v) is 7.08. The molecule has 1 aromatic rings. The van der Waals surface area contributed by atoms with Crippen LogP contribution >= 0.6 is 0 Å². The Kier molecular flexibility index (Phi) is 6.71. The highest BCUT2D eigenvalue weighted by Gasteiger charge is 2.37. The van der Waals surface area contributed by atoms with Crippen LogP contribution in [-0.2, 0) is 11.2 Å². The van der Waals surface area contributed by atoms with E-state index in [1.807, 2.05) is 24.3 Å². The van der Waals surface area contributed by atoms with Gasteiger partial charge in [0, 0.05) is 13.1 Å². The summed E-state index contributed by atoms with van der Waals surface area (Å²) in [4.78, 5) is 12.1. The van der Waals surface area contributed by atoms with E-state index in [1.54, 1.807) is 7.11 Å². The molecule has 2 aliphatic rings. The molecule has 4 atom stereocenters. The van der Waals surface area contributed by atoms with Gasteiger partial charge in [0.15, 0.2) is 0 Å². The lowest BCUT2D eigenvalue weighted by Crippen LogP contribution is -2.41. The Balaban J connectivity index is 1.46. The molecule has 26 heavy (non-hydrogen) atoms. The zero-order valence-corrected chi connectivity index (χ0v) is 15.2. The second-order valence-electron chi connectivity index (χ2n) is 7.08. The molecule has 0 saturated carbocycles. The molecule has 2 aliphatic heterocycles. The quantitative estimate of drug-likeness (QED) is 0.569. The molecule has 3 rings (SSSR count). The van der Waals surface area contributed by atoms with Crippen LogP contribution in [0.3, 0.4) is 0 Å². The monoisotopic (exact) mass is 363 g/mol. The van der Waals surface area contributed by atoms with Crippen molar-refractivity contribution in [3.8, 4) is 5.75 Å². The summed E-state index contributed by atoms with van der Waals surface area (Å²) in [5, 5.41) is 19.5. The maximum atomic E-state index is 12.1. The molecule has 0 spiro atoms. The van der Waals surface area contributed by atoms with Crippen molar-refractivity contribution in [3.05, 3.63) is 29.8 Å². The minimum absolute atomic E-state index is 0.108. The van der Waals surface area contributed by atoms with E-state index in [1.165, 1.54) is 0 Å². The van der Waals surface area contributed by atoms with Crippen molar-refractivity contribution in [2.75, 3.05) is 33.3 Å². The van der Waals surface area contributed by atoms with Gasteiger partial charge in [-0.05, 0) is 56.0 Å². The van der Waals surface area contributed by atoms with Crippen molar-refractivity contribution < 1.29 is 19.4 Å². The smallest absolute Gasteiger partial charge is 0.407 e. The summed E-state index contributed by atoms with van der Waals surface area (Å²) < 4.78 is 10.7. The Labute approximate surface area is 154 Å². The molecular weight excluding hydrogens is 334 g/mol. The Morgan fingerprint density at radius 3 is 2.81 bits per heavy atom. The Morgan fingerprint density at radius 1 is 1.31 bits per heavy atom. The van der Waals surface area contributed by atoms with Gasteiger partial charge in [0.2, 0.25) is 0 Å². The number of hydrogen-bond donors (Lipinski definition) is 4. The van der Waals surface area contributed by atoms with E-state index < -0.39 is 18.3 Å². The average molecular weight is 363 g/mol. The molecule has 0 aromatic heterocycles.